The van der Waals surface area contributed by atoms with E-state index in [0.29, 0.717) is 6.54 Å². The molecule has 3 unspecified atom stereocenters. The van der Waals surface area contributed by atoms with Crippen molar-refractivity contribution in [2.45, 2.75) is 24.1 Å². The fourth-order valence-electron chi connectivity index (χ4n) is 1.80. The minimum absolute atomic E-state index is 0.144. The van der Waals surface area contributed by atoms with Crippen molar-refractivity contribution in [3.05, 3.63) is 35.9 Å². The van der Waals surface area contributed by atoms with Gasteiger partial charge < -0.3 is 10.4 Å². The number of nitriles is 1. The lowest BCUT2D eigenvalue weighted by Gasteiger charge is -2.22. The fraction of sp³-hybridized carbons (Fsp3) is 0.500. The zero-order chi connectivity index (χ0) is 13.4. The summed E-state index contributed by atoms with van der Waals surface area (Å²) in [5.74, 6) is -0.144. The summed E-state index contributed by atoms with van der Waals surface area (Å²) in [7, 11) is 0. The van der Waals surface area contributed by atoms with E-state index in [1.165, 1.54) is 0 Å². The standard InChI is InChI=1S/C14H20N2OS/c1-11(14(10-17)18-2)16-9-13(8-15)12-6-4-3-5-7-12/h3-7,11,13-14,16-17H,9-10H2,1-2H3. The van der Waals surface area contributed by atoms with Crippen LogP contribution in [0.5, 0.6) is 0 Å². The second-order valence-electron chi connectivity index (χ2n) is 4.25. The zero-order valence-corrected chi connectivity index (χ0v) is 11.7. The third-order valence-electron chi connectivity index (χ3n) is 3.04. The van der Waals surface area contributed by atoms with Crippen LogP contribution >= 0.6 is 11.8 Å². The Morgan fingerprint density at radius 3 is 2.56 bits per heavy atom. The van der Waals surface area contributed by atoms with Gasteiger partial charge >= 0.3 is 0 Å². The van der Waals surface area contributed by atoms with Crippen LogP contribution in [0.3, 0.4) is 0 Å². The molecule has 1 rings (SSSR count). The van der Waals surface area contributed by atoms with Crippen molar-refractivity contribution in [1.82, 2.24) is 5.32 Å². The first kappa shape index (κ1) is 15.0. The number of nitrogens with zero attached hydrogens (tertiary/aromatic N) is 1. The van der Waals surface area contributed by atoms with E-state index >= 15 is 0 Å². The van der Waals surface area contributed by atoms with Crippen molar-refractivity contribution in [1.29, 1.82) is 5.26 Å². The van der Waals surface area contributed by atoms with Gasteiger partial charge in [0.05, 0.1) is 18.6 Å². The van der Waals surface area contributed by atoms with Gasteiger partial charge in [-0.1, -0.05) is 30.3 Å². The predicted octanol–water partition coefficient (Wildman–Crippen LogP) is 2.00. The maximum absolute atomic E-state index is 9.21. The van der Waals surface area contributed by atoms with E-state index in [-0.39, 0.29) is 23.8 Å². The van der Waals surface area contributed by atoms with Crippen molar-refractivity contribution in [2.24, 2.45) is 0 Å². The number of benzene rings is 1. The lowest BCUT2D eigenvalue weighted by atomic mass is 10.0. The summed E-state index contributed by atoms with van der Waals surface area (Å²) in [5, 5.41) is 21.9. The molecule has 3 atom stereocenters. The molecule has 3 nitrogen and oxygen atoms in total. The molecule has 18 heavy (non-hydrogen) atoms. The topological polar surface area (TPSA) is 56.0 Å². The summed E-state index contributed by atoms with van der Waals surface area (Å²) in [5.41, 5.74) is 1.03. The Hall–Kier alpha value is -1.02. The van der Waals surface area contributed by atoms with Crippen LogP contribution in [0.25, 0.3) is 0 Å². The Morgan fingerprint density at radius 1 is 1.39 bits per heavy atom. The molecule has 0 aromatic heterocycles. The number of nitrogens with one attached hydrogen (secondary N) is 1. The molecule has 1 aromatic carbocycles. The van der Waals surface area contributed by atoms with Crippen LogP contribution in [0.15, 0.2) is 30.3 Å². The highest BCUT2D eigenvalue weighted by Gasteiger charge is 2.17. The highest BCUT2D eigenvalue weighted by Crippen LogP contribution is 2.15. The van der Waals surface area contributed by atoms with Crippen molar-refractivity contribution < 1.29 is 5.11 Å². The third-order valence-corrected chi connectivity index (χ3v) is 4.20. The van der Waals surface area contributed by atoms with Gasteiger partial charge in [-0.3, -0.25) is 0 Å². The van der Waals surface area contributed by atoms with Crippen molar-refractivity contribution in [3.8, 4) is 6.07 Å². The van der Waals surface area contributed by atoms with Crippen LogP contribution in [-0.2, 0) is 0 Å². The smallest absolute Gasteiger partial charge is 0.0837 e. The fourth-order valence-corrected chi connectivity index (χ4v) is 2.45. The number of aliphatic hydroxyl groups is 1. The van der Waals surface area contributed by atoms with Crippen LogP contribution in [0.1, 0.15) is 18.4 Å². The minimum atomic E-state index is -0.144. The van der Waals surface area contributed by atoms with Gasteiger partial charge in [0.15, 0.2) is 0 Å². The molecule has 0 fully saturated rings. The first-order valence-corrected chi connectivity index (χ1v) is 7.33. The monoisotopic (exact) mass is 264 g/mol. The maximum atomic E-state index is 9.21. The Bertz CT molecular complexity index is 373. The molecular weight excluding hydrogens is 244 g/mol. The molecule has 0 aliphatic carbocycles. The number of aliphatic hydroxyl groups excluding tert-OH is 1. The Labute approximate surface area is 113 Å². The van der Waals surface area contributed by atoms with Crippen LogP contribution in [0, 0.1) is 11.3 Å². The zero-order valence-electron chi connectivity index (χ0n) is 10.8. The number of hydrogen-bond acceptors (Lipinski definition) is 4. The molecule has 0 bridgehead atoms. The number of rotatable bonds is 7. The Kier molecular flexibility index (Phi) is 6.81. The van der Waals surface area contributed by atoms with Crippen LogP contribution < -0.4 is 5.32 Å². The van der Waals surface area contributed by atoms with Crippen LogP contribution in [0.2, 0.25) is 0 Å². The molecule has 4 heteroatoms. The van der Waals surface area contributed by atoms with E-state index < -0.39 is 0 Å². The summed E-state index contributed by atoms with van der Waals surface area (Å²) in [6.07, 6.45) is 1.98. The molecule has 2 N–H and O–H groups in total. The summed E-state index contributed by atoms with van der Waals surface area (Å²) in [6, 6.07) is 12.3. The highest BCUT2D eigenvalue weighted by atomic mass is 32.2. The third kappa shape index (κ3) is 4.34. The molecule has 0 aliphatic rings. The van der Waals surface area contributed by atoms with Gasteiger partial charge in [-0.05, 0) is 18.7 Å². The number of hydrogen-bond donors (Lipinski definition) is 2. The summed E-state index contributed by atoms with van der Waals surface area (Å²) < 4.78 is 0. The van der Waals surface area contributed by atoms with E-state index in [4.69, 9.17) is 0 Å². The first-order valence-electron chi connectivity index (χ1n) is 6.04. The minimum Gasteiger partial charge on any atom is -0.395 e. The average Bonchev–Trinajstić information content (AvgIpc) is 2.42. The van der Waals surface area contributed by atoms with Gasteiger partial charge in [-0.25, -0.2) is 0 Å². The van der Waals surface area contributed by atoms with Gasteiger partial charge in [-0.15, -0.1) is 0 Å². The summed E-state index contributed by atoms with van der Waals surface area (Å²) in [4.78, 5) is 0. The molecule has 0 saturated heterocycles. The second-order valence-corrected chi connectivity index (χ2v) is 5.32. The van der Waals surface area contributed by atoms with Gasteiger partial charge in [0, 0.05) is 17.8 Å². The quantitative estimate of drug-likeness (QED) is 0.791. The molecule has 0 heterocycles. The molecular formula is C14H20N2OS. The van der Waals surface area contributed by atoms with E-state index in [2.05, 4.69) is 11.4 Å². The normalized spacial score (nSPS) is 15.7. The maximum Gasteiger partial charge on any atom is 0.0837 e. The van der Waals surface area contributed by atoms with E-state index in [0.717, 1.165) is 5.56 Å². The van der Waals surface area contributed by atoms with Crippen molar-refractivity contribution in [3.63, 3.8) is 0 Å². The lowest BCUT2D eigenvalue weighted by Crippen LogP contribution is -2.39. The SMILES string of the molecule is CSC(CO)C(C)NCC(C#N)c1ccccc1. The number of thioether (sulfide) groups is 1. The Balaban J connectivity index is 2.53. The second kappa shape index (κ2) is 8.15. The van der Waals surface area contributed by atoms with Gasteiger partial charge in [0.25, 0.3) is 0 Å². The molecule has 0 spiro atoms. The predicted molar refractivity (Wildman–Crippen MR) is 76.6 cm³/mol. The molecule has 0 aliphatic heterocycles. The molecule has 0 amide bonds. The summed E-state index contributed by atoms with van der Waals surface area (Å²) in [6.45, 7) is 2.80. The van der Waals surface area contributed by atoms with E-state index in [9.17, 15) is 10.4 Å². The first-order chi connectivity index (χ1) is 8.72. The van der Waals surface area contributed by atoms with Gasteiger partial charge in [0.2, 0.25) is 0 Å². The molecule has 0 saturated carbocycles. The Morgan fingerprint density at radius 2 is 2.06 bits per heavy atom. The largest absolute Gasteiger partial charge is 0.395 e. The van der Waals surface area contributed by atoms with E-state index in [1.54, 1.807) is 11.8 Å². The van der Waals surface area contributed by atoms with Gasteiger partial charge in [-0.2, -0.15) is 17.0 Å². The van der Waals surface area contributed by atoms with Crippen LogP contribution in [-0.4, -0.2) is 35.8 Å². The van der Waals surface area contributed by atoms with Gasteiger partial charge in [0.1, 0.15) is 0 Å². The highest BCUT2D eigenvalue weighted by molar-refractivity contribution is 7.99. The average molecular weight is 264 g/mol. The summed E-state index contributed by atoms with van der Waals surface area (Å²) >= 11 is 1.64. The van der Waals surface area contributed by atoms with E-state index in [1.807, 2.05) is 43.5 Å². The molecule has 0 radical (unpaired) electrons. The van der Waals surface area contributed by atoms with Crippen molar-refractivity contribution >= 4 is 11.8 Å². The van der Waals surface area contributed by atoms with Crippen LogP contribution in [0.4, 0.5) is 0 Å². The van der Waals surface area contributed by atoms with Crippen molar-refractivity contribution in [2.75, 3.05) is 19.4 Å². The molecule has 1 aromatic rings. The molecule has 98 valence electrons. The lowest BCUT2D eigenvalue weighted by molar-refractivity contribution is 0.276.